The van der Waals surface area contributed by atoms with Crippen molar-refractivity contribution in [3.05, 3.63) is 29.3 Å². The molecule has 4 heteroatoms. The van der Waals surface area contributed by atoms with E-state index in [0.717, 1.165) is 33.6 Å². The molecule has 0 aliphatic heterocycles. The van der Waals surface area contributed by atoms with Gasteiger partial charge in [0.2, 0.25) is 0 Å². The van der Waals surface area contributed by atoms with Crippen molar-refractivity contribution in [3.8, 4) is 0 Å². The third kappa shape index (κ3) is 2.52. The van der Waals surface area contributed by atoms with Crippen LogP contribution in [0.15, 0.2) is 24.3 Å². The highest BCUT2D eigenvalue weighted by Gasteiger charge is 2.53. The Kier molecular flexibility index (Phi) is 3.61. The second-order valence-corrected chi connectivity index (χ2v) is 8.46. The summed E-state index contributed by atoms with van der Waals surface area (Å²) < 4.78 is 0. The van der Waals surface area contributed by atoms with Crippen molar-refractivity contribution in [1.82, 2.24) is 4.90 Å². The number of hydrogen-bond donors (Lipinski definition) is 1. The van der Waals surface area contributed by atoms with Crippen LogP contribution >= 0.6 is 23.8 Å². The van der Waals surface area contributed by atoms with E-state index in [-0.39, 0.29) is 0 Å². The predicted octanol–water partition coefficient (Wildman–Crippen LogP) is 4.94. The first kappa shape index (κ1) is 14.8. The maximum absolute atomic E-state index is 5.95. The number of anilines is 1. The van der Waals surface area contributed by atoms with Crippen molar-refractivity contribution in [2.24, 2.45) is 17.8 Å². The molecule has 118 valence electrons. The summed E-state index contributed by atoms with van der Waals surface area (Å²) in [5.41, 5.74) is 1.33. The van der Waals surface area contributed by atoms with Gasteiger partial charge < -0.3 is 10.2 Å². The van der Waals surface area contributed by atoms with Crippen LogP contribution in [0.25, 0.3) is 0 Å². The Morgan fingerprint density at radius 2 is 1.59 bits per heavy atom. The maximum atomic E-state index is 5.95. The molecule has 5 rings (SSSR count). The van der Waals surface area contributed by atoms with E-state index in [0.29, 0.717) is 5.54 Å². The third-order valence-electron chi connectivity index (χ3n) is 6.12. The van der Waals surface area contributed by atoms with Gasteiger partial charge in [0, 0.05) is 23.3 Å². The van der Waals surface area contributed by atoms with Gasteiger partial charge in [-0.25, -0.2) is 0 Å². The summed E-state index contributed by atoms with van der Waals surface area (Å²) >= 11 is 11.7. The average Bonchev–Trinajstić information content (AvgIpc) is 2.47. The largest absolute Gasteiger partial charge is 0.346 e. The Morgan fingerprint density at radius 3 is 2.09 bits per heavy atom. The van der Waals surface area contributed by atoms with Crippen molar-refractivity contribution >= 4 is 34.6 Å². The van der Waals surface area contributed by atoms with Gasteiger partial charge in [0.1, 0.15) is 0 Å². The Balaban J connectivity index is 1.50. The van der Waals surface area contributed by atoms with E-state index in [1.807, 2.05) is 24.3 Å². The summed E-state index contributed by atoms with van der Waals surface area (Å²) in [6.45, 7) is 0. The summed E-state index contributed by atoms with van der Waals surface area (Å²) in [4.78, 5) is 2.38. The molecule has 1 aromatic rings. The third-order valence-corrected chi connectivity index (χ3v) is 6.75. The number of rotatable bonds is 2. The van der Waals surface area contributed by atoms with Gasteiger partial charge in [-0.3, -0.25) is 0 Å². The van der Waals surface area contributed by atoms with Crippen molar-refractivity contribution < 1.29 is 0 Å². The van der Waals surface area contributed by atoms with Crippen molar-refractivity contribution in [2.45, 2.75) is 44.1 Å². The first-order chi connectivity index (χ1) is 10.5. The lowest BCUT2D eigenvalue weighted by Crippen LogP contribution is -2.60. The molecule has 2 nitrogen and oxygen atoms in total. The molecule has 0 unspecified atom stereocenters. The summed E-state index contributed by atoms with van der Waals surface area (Å²) in [6, 6.07) is 7.78. The topological polar surface area (TPSA) is 15.3 Å². The molecule has 1 N–H and O–H groups in total. The number of benzene rings is 1. The fourth-order valence-corrected chi connectivity index (χ4v) is 5.87. The van der Waals surface area contributed by atoms with E-state index in [4.69, 9.17) is 23.8 Å². The minimum atomic E-state index is 0.311. The Bertz CT molecular complexity index is 548. The second-order valence-electron chi connectivity index (χ2n) is 7.64. The van der Waals surface area contributed by atoms with Crippen molar-refractivity contribution in [1.29, 1.82) is 0 Å². The van der Waals surface area contributed by atoms with E-state index in [2.05, 4.69) is 17.3 Å². The van der Waals surface area contributed by atoms with E-state index in [1.165, 1.54) is 38.5 Å². The van der Waals surface area contributed by atoms with Crippen LogP contribution in [-0.4, -0.2) is 22.6 Å². The normalized spacial score (nSPS) is 35.5. The Labute approximate surface area is 143 Å². The number of halogens is 1. The van der Waals surface area contributed by atoms with Gasteiger partial charge in [0.15, 0.2) is 5.11 Å². The Morgan fingerprint density at radius 1 is 1.09 bits per heavy atom. The van der Waals surface area contributed by atoms with E-state index < -0.39 is 0 Å². The van der Waals surface area contributed by atoms with Gasteiger partial charge in [0.05, 0.1) is 0 Å². The zero-order valence-corrected chi connectivity index (χ0v) is 14.6. The standard InChI is InChI=1S/C18H23ClN2S/c1-21(17(22)20-16-4-2-15(19)3-5-16)18-9-12-6-13(10-18)8-14(7-12)11-18/h2-5,12-14H,6-11H2,1H3,(H,20,22). The molecule has 1 aromatic carbocycles. The van der Waals surface area contributed by atoms with Gasteiger partial charge >= 0.3 is 0 Å². The van der Waals surface area contributed by atoms with Gasteiger partial charge in [-0.05, 0) is 92.8 Å². The highest BCUT2D eigenvalue weighted by atomic mass is 35.5. The average molecular weight is 335 g/mol. The number of thiocarbonyl (C=S) groups is 1. The maximum Gasteiger partial charge on any atom is 0.173 e. The molecule has 22 heavy (non-hydrogen) atoms. The summed E-state index contributed by atoms with van der Waals surface area (Å²) in [7, 11) is 2.19. The highest BCUT2D eigenvalue weighted by molar-refractivity contribution is 7.80. The molecule has 0 spiro atoms. The molecule has 0 aromatic heterocycles. The van der Waals surface area contributed by atoms with E-state index in [9.17, 15) is 0 Å². The molecule has 4 bridgehead atoms. The molecule has 4 saturated carbocycles. The molecule has 0 amide bonds. The SMILES string of the molecule is CN(C(=S)Nc1ccc(Cl)cc1)C12CC3CC(CC(C3)C1)C2. The van der Waals surface area contributed by atoms with Gasteiger partial charge in [-0.15, -0.1) is 0 Å². The number of hydrogen-bond acceptors (Lipinski definition) is 1. The monoisotopic (exact) mass is 334 g/mol. The van der Waals surface area contributed by atoms with Crippen molar-refractivity contribution in [3.63, 3.8) is 0 Å². The molecular weight excluding hydrogens is 312 g/mol. The van der Waals surface area contributed by atoms with Crippen LogP contribution in [-0.2, 0) is 0 Å². The first-order valence-corrected chi connectivity index (χ1v) is 9.13. The lowest BCUT2D eigenvalue weighted by Gasteiger charge is -2.60. The van der Waals surface area contributed by atoms with Crippen LogP contribution in [0.5, 0.6) is 0 Å². The van der Waals surface area contributed by atoms with Gasteiger partial charge in [-0.2, -0.15) is 0 Å². The fourth-order valence-electron chi connectivity index (χ4n) is 5.43. The highest BCUT2D eigenvalue weighted by Crippen LogP contribution is 2.57. The van der Waals surface area contributed by atoms with E-state index in [1.54, 1.807) is 0 Å². The van der Waals surface area contributed by atoms with Crippen LogP contribution in [0.4, 0.5) is 5.69 Å². The number of nitrogens with zero attached hydrogens (tertiary/aromatic N) is 1. The second kappa shape index (κ2) is 5.38. The minimum absolute atomic E-state index is 0.311. The number of nitrogens with one attached hydrogen (secondary N) is 1. The van der Waals surface area contributed by atoms with Crippen LogP contribution in [0.3, 0.4) is 0 Å². The smallest absolute Gasteiger partial charge is 0.173 e. The van der Waals surface area contributed by atoms with Crippen molar-refractivity contribution in [2.75, 3.05) is 12.4 Å². The predicted molar refractivity (Wildman–Crippen MR) is 96.3 cm³/mol. The van der Waals surface area contributed by atoms with Gasteiger partial charge in [0.25, 0.3) is 0 Å². The lowest BCUT2D eigenvalue weighted by atomic mass is 9.52. The lowest BCUT2D eigenvalue weighted by molar-refractivity contribution is -0.0538. The summed E-state index contributed by atoms with van der Waals surface area (Å²) in [5, 5.41) is 5.00. The molecule has 4 aliphatic carbocycles. The summed E-state index contributed by atoms with van der Waals surface area (Å²) in [5.74, 6) is 2.81. The summed E-state index contributed by atoms with van der Waals surface area (Å²) in [6.07, 6.45) is 8.38. The Hall–Kier alpha value is -0.800. The molecular formula is C18H23ClN2S. The van der Waals surface area contributed by atoms with Gasteiger partial charge in [-0.1, -0.05) is 11.6 Å². The van der Waals surface area contributed by atoms with Crippen LogP contribution in [0.1, 0.15) is 38.5 Å². The first-order valence-electron chi connectivity index (χ1n) is 8.34. The molecule has 0 atom stereocenters. The van der Waals surface area contributed by atoms with Crippen LogP contribution in [0, 0.1) is 17.8 Å². The van der Waals surface area contributed by atoms with Crippen LogP contribution in [0.2, 0.25) is 5.02 Å². The fraction of sp³-hybridized carbons (Fsp3) is 0.611. The van der Waals surface area contributed by atoms with Crippen LogP contribution < -0.4 is 5.32 Å². The minimum Gasteiger partial charge on any atom is -0.346 e. The quantitative estimate of drug-likeness (QED) is 0.771. The zero-order valence-electron chi connectivity index (χ0n) is 13.0. The molecule has 0 saturated heterocycles. The molecule has 4 fully saturated rings. The molecule has 0 radical (unpaired) electrons. The molecule has 0 heterocycles. The zero-order chi connectivity index (χ0) is 15.3. The van der Waals surface area contributed by atoms with E-state index >= 15 is 0 Å². The molecule has 4 aliphatic rings.